The first-order valence-corrected chi connectivity index (χ1v) is 5.86. The Labute approximate surface area is 105 Å². The van der Waals surface area contributed by atoms with Crippen molar-refractivity contribution in [1.82, 2.24) is 9.88 Å². The van der Waals surface area contributed by atoms with Crippen LogP contribution in [-0.2, 0) is 11.3 Å². The van der Waals surface area contributed by atoms with Crippen LogP contribution in [-0.4, -0.2) is 42.1 Å². The van der Waals surface area contributed by atoms with Gasteiger partial charge < -0.3 is 15.4 Å². The summed E-state index contributed by atoms with van der Waals surface area (Å²) in [4.78, 5) is 10.5. The van der Waals surface area contributed by atoms with E-state index in [1.807, 2.05) is 11.0 Å². The molecule has 0 aliphatic carbocycles. The van der Waals surface area contributed by atoms with Crippen molar-refractivity contribution in [1.29, 1.82) is 0 Å². The topological polar surface area (TPSA) is 63.7 Å². The summed E-state index contributed by atoms with van der Waals surface area (Å²) in [5.74, 6) is 0.546. The fourth-order valence-corrected chi connectivity index (χ4v) is 1.67. The molecule has 0 bridgehead atoms. The average molecular weight is 255 g/mol. The average Bonchev–Trinajstić information content (AvgIpc) is 2.39. The third kappa shape index (κ3) is 3.57. The van der Waals surface area contributed by atoms with E-state index < -0.39 is 0 Å². The Hall–Kier alpha value is -1.33. The molecule has 2 N–H and O–H groups in total. The van der Waals surface area contributed by atoms with Gasteiger partial charge in [-0.1, -0.05) is 11.6 Å². The molecule has 0 radical (unpaired) electrons. The highest BCUT2D eigenvalue weighted by atomic mass is 35.5. The normalized spacial score (nSPS) is 17.2. The molecule has 0 saturated carbocycles. The van der Waals surface area contributed by atoms with Gasteiger partial charge in [0.05, 0.1) is 30.5 Å². The second kappa shape index (κ2) is 5.84. The molecule has 1 aliphatic heterocycles. The van der Waals surface area contributed by atoms with Crippen LogP contribution in [0.5, 0.6) is 0 Å². The second-order valence-corrected chi connectivity index (χ2v) is 4.18. The van der Waals surface area contributed by atoms with Crippen LogP contribution in [0.3, 0.4) is 0 Å². The second-order valence-electron chi connectivity index (χ2n) is 3.74. The summed E-state index contributed by atoms with van der Waals surface area (Å²) in [6.45, 7) is 3.47. The lowest BCUT2D eigenvalue weighted by molar-refractivity contribution is 0.0674. The zero-order chi connectivity index (χ0) is 12.1. The molecule has 0 aromatic carbocycles. The molecule has 92 valence electrons. The van der Waals surface area contributed by atoms with Gasteiger partial charge in [-0.05, 0) is 12.1 Å². The summed E-state index contributed by atoms with van der Waals surface area (Å²) in [6.07, 6.45) is 1.61. The number of nitrogens with zero attached hydrogens (tertiary/aromatic N) is 3. The van der Waals surface area contributed by atoms with Crippen molar-refractivity contribution in [3.05, 3.63) is 29.0 Å². The minimum atomic E-state index is 0.473. The summed E-state index contributed by atoms with van der Waals surface area (Å²) in [5.41, 5.74) is 6.75. The molecular weight excluding hydrogens is 240 g/mol. The van der Waals surface area contributed by atoms with Crippen molar-refractivity contribution < 1.29 is 4.74 Å². The van der Waals surface area contributed by atoms with Crippen molar-refractivity contribution in [2.45, 2.75) is 6.54 Å². The first-order valence-electron chi connectivity index (χ1n) is 5.49. The Balaban J connectivity index is 1.92. The van der Waals surface area contributed by atoms with Crippen LogP contribution in [0, 0.1) is 0 Å². The Morgan fingerprint density at radius 1 is 1.47 bits per heavy atom. The molecule has 0 unspecified atom stereocenters. The molecule has 2 rings (SSSR count). The molecule has 1 saturated heterocycles. The fourth-order valence-electron chi connectivity index (χ4n) is 1.55. The number of ether oxygens (including phenoxy) is 1. The highest BCUT2D eigenvalue weighted by Gasteiger charge is 2.11. The number of hydrogen-bond acceptors (Lipinski definition) is 3. The van der Waals surface area contributed by atoms with Crippen LogP contribution in [0.4, 0.5) is 0 Å². The maximum atomic E-state index is 5.89. The van der Waals surface area contributed by atoms with Gasteiger partial charge in [0.1, 0.15) is 0 Å². The summed E-state index contributed by atoms with van der Waals surface area (Å²) in [7, 11) is 0. The van der Waals surface area contributed by atoms with E-state index in [1.54, 1.807) is 12.3 Å². The summed E-state index contributed by atoms with van der Waals surface area (Å²) in [5, 5.41) is 0.624. The summed E-state index contributed by atoms with van der Waals surface area (Å²) in [6, 6.07) is 3.64. The number of aromatic nitrogens is 1. The monoisotopic (exact) mass is 254 g/mol. The van der Waals surface area contributed by atoms with E-state index in [1.165, 1.54) is 0 Å². The van der Waals surface area contributed by atoms with E-state index >= 15 is 0 Å². The highest BCUT2D eigenvalue weighted by molar-refractivity contribution is 6.30. The van der Waals surface area contributed by atoms with E-state index in [0.717, 1.165) is 18.8 Å². The Bertz CT molecular complexity index is 387. The molecule has 17 heavy (non-hydrogen) atoms. The van der Waals surface area contributed by atoms with Gasteiger partial charge in [0, 0.05) is 19.3 Å². The van der Waals surface area contributed by atoms with Crippen molar-refractivity contribution in [3.63, 3.8) is 0 Å². The van der Waals surface area contributed by atoms with Crippen molar-refractivity contribution >= 4 is 17.6 Å². The van der Waals surface area contributed by atoms with Crippen molar-refractivity contribution in [2.24, 2.45) is 10.7 Å². The van der Waals surface area contributed by atoms with Gasteiger partial charge in [-0.25, -0.2) is 4.99 Å². The predicted octanol–water partition coefficient (Wildman–Crippen LogP) is 0.882. The van der Waals surface area contributed by atoms with Crippen molar-refractivity contribution in [3.8, 4) is 0 Å². The molecule has 0 atom stereocenters. The molecular formula is C11H15ClN4O. The van der Waals surface area contributed by atoms with Gasteiger partial charge >= 0.3 is 0 Å². The predicted molar refractivity (Wildman–Crippen MR) is 67.0 cm³/mol. The number of guanidine groups is 1. The maximum Gasteiger partial charge on any atom is 0.191 e. The van der Waals surface area contributed by atoms with E-state index in [9.17, 15) is 0 Å². The number of rotatable bonds is 2. The molecule has 2 heterocycles. The molecule has 1 fully saturated rings. The lowest BCUT2D eigenvalue weighted by Gasteiger charge is -2.27. The Morgan fingerprint density at radius 2 is 2.24 bits per heavy atom. The van der Waals surface area contributed by atoms with Crippen LogP contribution in [0.1, 0.15) is 5.69 Å². The molecule has 1 aliphatic rings. The highest BCUT2D eigenvalue weighted by Crippen LogP contribution is 2.07. The number of aliphatic imine (C=N–C) groups is 1. The van der Waals surface area contributed by atoms with Gasteiger partial charge in [0.2, 0.25) is 0 Å². The Morgan fingerprint density at radius 3 is 2.88 bits per heavy atom. The fraction of sp³-hybridized carbons (Fsp3) is 0.455. The Kier molecular flexibility index (Phi) is 4.17. The van der Waals surface area contributed by atoms with Crippen molar-refractivity contribution in [2.75, 3.05) is 26.3 Å². The zero-order valence-electron chi connectivity index (χ0n) is 9.47. The van der Waals surface area contributed by atoms with Crippen LogP contribution >= 0.6 is 11.6 Å². The standard InChI is InChI=1S/C11H15ClN4O/c12-9-1-2-10(14-7-9)8-15-11(13)16-3-5-17-6-4-16/h1-2,7H,3-6,8H2,(H2,13,15). The quantitative estimate of drug-likeness (QED) is 0.629. The minimum absolute atomic E-state index is 0.473. The lowest BCUT2D eigenvalue weighted by Crippen LogP contribution is -2.44. The number of halogens is 1. The van der Waals surface area contributed by atoms with Crippen LogP contribution in [0.15, 0.2) is 23.3 Å². The smallest absolute Gasteiger partial charge is 0.191 e. The molecule has 5 nitrogen and oxygen atoms in total. The van der Waals surface area contributed by atoms with Crippen LogP contribution < -0.4 is 5.73 Å². The van der Waals surface area contributed by atoms with E-state index in [-0.39, 0.29) is 0 Å². The first kappa shape index (κ1) is 12.1. The van der Waals surface area contributed by atoms with E-state index in [2.05, 4.69) is 9.98 Å². The molecule has 0 spiro atoms. The summed E-state index contributed by atoms with van der Waals surface area (Å²) >= 11 is 5.75. The molecule has 1 aromatic heterocycles. The largest absolute Gasteiger partial charge is 0.378 e. The third-order valence-corrected chi connectivity index (χ3v) is 2.75. The van der Waals surface area contributed by atoms with Crippen LogP contribution in [0.25, 0.3) is 0 Å². The van der Waals surface area contributed by atoms with Gasteiger partial charge in [0.15, 0.2) is 5.96 Å². The minimum Gasteiger partial charge on any atom is -0.378 e. The third-order valence-electron chi connectivity index (χ3n) is 2.53. The van der Waals surface area contributed by atoms with Crippen LogP contribution in [0.2, 0.25) is 5.02 Å². The SMILES string of the molecule is NC(=NCc1ccc(Cl)cn1)N1CCOCC1. The zero-order valence-corrected chi connectivity index (χ0v) is 10.2. The first-order chi connectivity index (χ1) is 8.25. The van der Waals surface area contributed by atoms with Gasteiger partial charge in [-0.15, -0.1) is 0 Å². The number of hydrogen-bond donors (Lipinski definition) is 1. The van der Waals surface area contributed by atoms with E-state index in [0.29, 0.717) is 30.7 Å². The molecule has 1 aromatic rings. The maximum absolute atomic E-state index is 5.89. The summed E-state index contributed by atoms with van der Waals surface area (Å²) < 4.78 is 5.25. The van der Waals surface area contributed by atoms with Gasteiger partial charge in [-0.3, -0.25) is 4.98 Å². The number of nitrogens with two attached hydrogens (primary N) is 1. The van der Waals surface area contributed by atoms with E-state index in [4.69, 9.17) is 22.1 Å². The number of morpholine rings is 1. The number of pyridine rings is 1. The lowest BCUT2D eigenvalue weighted by atomic mass is 10.3. The molecule has 6 heteroatoms. The van der Waals surface area contributed by atoms with Gasteiger partial charge in [0.25, 0.3) is 0 Å². The molecule has 0 amide bonds. The van der Waals surface area contributed by atoms with Gasteiger partial charge in [-0.2, -0.15) is 0 Å².